The lowest BCUT2D eigenvalue weighted by molar-refractivity contribution is -0.154. The van der Waals surface area contributed by atoms with Gasteiger partial charge in [0.1, 0.15) is 22.6 Å². The average Bonchev–Trinajstić information content (AvgIpc) is 2.80. The van der Waals surface area contributed by atoms with E-state index in [1.807, 2.05) is 45.0 Å². The van der Waals surface area contributed by atoms with Crippen LogP contribution in [0.3, 0.4) is 0 Å². The fourth-order valence-corrected chi connectivity index (χ4v) is 4.99. The van der Waals surface area contributed by atoms with Gasteiger partial charge in [0.15, 0.2) is 27.2 Å². The Balaban J connectivity index is 1.71. The van der Waals surface area contributed by atoms with Crippen LogP contribution in [-0.2, 0) is 35.3 Å². The third kappa shape index (κ3) is 5.75. The number of esters is 1. The number of aromatic nitrogens is 2. The molecule has 0 spiro atoms. The van der Waals surface area contributed by atoms with Crippen LogP contribution in [0.15, 0.2) is 24.3 Å². The molecule has 2 aliphatic heterocycles. The summed E-state index contributed by atoms with van der Waals surface area (Å²) < 4.78 is 41.5. The number of benzene rings is 1. The van der Waals surface area contributed by atoms with Crippen LogP contribution < -0.4 is 9.64 Å². The summed E-state index contributed by atoms with van der Waals surface area (Å²) in [6.07, 6.45) is 2.04. The molecule has 4 rings (SSSR count). The third-order valence-electron chi connectivity index (χ3n) is 6.80. The monoisotopic (exact) mass is 531 g/mol. The summed E-state index contributed by atoms with van der Waals surface area (Å²) in [6, 6.07) is 7.69. The van der Waals surface area contributed by atoms with Crippen LogP contribution in [-0.4, -0.2) is 68.1 Å². The molecule has 1 aromatic heterocycles. The van der Waals surface area contributed by atoms with Gasteiger partial charge in [0, 0.05) is 18.2 Å². The van der Waals surface area contributed by atoms with Crippen molar-refractivity contribution in [3.05, 3.63) is 35.5 Å². The molecule has 0 radical (unpaired) electrons. The van der Waals surface area contributed by atoms with E-state index >= 15 is 0 Å². The van der Waals surface area contributed by atoms with Crippen LogP contribution in [0.1, 0.15) is 59.2 Å². The van der Waals surface area contributed by atoms with Crippen LogP contribution >= 0.6 is 0 Å². The molecule has 0 saturated carbocycles. The van der Waals surface area contributed by atoms with Crippen molar-refractivity contribution in [3.63, 3.8) is 0 Å². The van der Waals surface area contributed by atoms with E-state index in [4.69, 9.17) is 24.2 Å². The Bertz CT molecular complexity index is 1270. The summed E-state index contributed by atoms with van der Waals surface area (Å²) in [7, 11) is -3.52. The number of nitrogens with zero attached hydrogens (tertiary/aromatic N) is 3. The van der Waals surface area contributed by atoms with Crippen molar-refractivity contribution >= 4 is 21.6 Å². The molecule has 2 atom stereocenters. The van der Waals surface area contributed by atoms with Crippen LogP contribution in [0.5, 0.6) is 5.75 Å². The molecule has 1 aromatic carbocycles. The average molecular weight is 532 g/mol. The number of morpholine rings is 1. The standard InChI is InChI=1S/C27H37N3O6S/c1-17-14-34-15-20-16-35-22-23(27(5,6)37(7,32)33)28-24(29-25(22)30(17)20)19-11-8-18(9-12-19)10-13-21(31)36-26(2,3)4/h8-9,11-12,17,20H,10,13-16H2,1-7H3/t17-,20+/m1/s1. The molecule has 1 fully saturated rings. The highest BCUT2D eigenvalue weighted by molar-refractivity contribution is 7.91. The normalized spacial score (nSPS) is 20.0. The largest absolute Gasteiger partial charge is 0.486 e. The first-order valence-corrected chi connectivity index (χ1v) is 14.5. The molecule has 0 bridgehead atoms. The van der Waals surface area contributed by atoms with E-state index in [2.05, 4.69) is 11.8 Å². The number of ether oxygens (including phenoxy) is 3. The molecule has 37 heavy (non-hydrogen) atoms. The second kappa shape index (κ2) is 9.87. The van der Waals surface area contributed by atoms with Crippen molar-refractivity contribution in [2.75, 3.05) is 31.0 Å². The number of anilines is 1. The smallest absolute Gasteiger partial charge is 0.306 e. The fraction of sp³-hybridized carbons (Fsp3) is 0.593. The van der Waals surface area contributed by atoms with E-state index in [-0.39, 0.29) is 24.5 Å². The van der Waals surface area contributed by atoms with E-state index in [9.17, 15) is 13.2 Å². The Morgan fingerprint density at radius 3 is 2.38 bits per heavy atom. The molecule has 0 amide bonds. The highest BCUT2D eigenvalue weighted by Crippen LogP contribution is 2.44. The number of carbonyl (C=O) groups is 1. The molecule has 0 N–H and O–H groups in total. The SMILES string of the molecule is C[C@@H]1COC[C@H]2COc3c(nc(-c4ccc(CCC(=O)OC(C)(C)C)cc4)nc3C(C)(C)S(C)(=O)=O)N21. The molecule has 9 nitrogen and oxygen atoms in total. The Morgan fingerprint density at radius 1 is 1.08 bits per heavy atom. The Labute approximate surface area is 219 Å². The number of aryl methyl sites for hydroxylation is 1. The Hall–Kier alpha value is -2.72. The number of rotatable bonds is 6. The Morgan fingerprint density at radius 2 is 1.76 bits per heavy atom. The predicted molar refractivity (Wildman–Crippen MR) is 142 cm³/mol. The van der Waals surface area contributed by atoms with Crippen molar-refractivity contribution < 1.29 is 27.4 Å². The summed E-state index contributed by atoms with van der Waals surface area (Å²) >= 11 is 0. The predicted octanol–water partition coefficient (Wildman–Crippen LogP) is 3.68. The lowest BCUT2D eigenvalue weighted by Gasteiger charge is -2.45. The minimum absolute atomic E-state index is 0.0107. The van der Waals surface area contributed by atoms with Crippen molar-refractivity contribution in [1.29, 1.82) is 0 Å². The Kier molecular flexibility index (Phi) is 7.29. The third-order valence-corrected chi connectivity index (χ3v) is 8.84. The zero-order chi connectivity index (χ0) is 27.2. The zero-order valence-electron chi connectivity index (χ0n) is 22.7. The van der Waals surface area contributed by atoms with Gasteiger partial charge in [-0.05, 0) is 53.5 Å². The quantitative estimate of drug-likeness (QED) is 0.516. The molecule has 10 heteroatoms. The van der Waals surface area contributed by atoms with Crippen LogP contribution in [0, 0.1) is 0 Å². The number of hydrogen-bond donors (Lipinski definition) is 0. The first-order valence-electron chi connectivity index (χ1n) is 12.6. The maximum atomic E-state index is 12.8. The van der Waals surface area contributed by atoms with Gasteiger partial charge in [0.05, 0.1) is 25.3 Å². The summed E-state index contributed by atoms with van der Waals surface area (Å²) in [6.45, 7) is 12.3. The number of carbonyl (C=O) groups excluding carboxylic acids is 1. The summed E-state index contributed by atoms with van der Waals surface area (Å²) in [5.41, 5.74) is 1.57. The number of hydrogen-bond acceptors (Lipinski definition) is 9. The van der Waals surface area contributed by atoms with E-state index in [0.29, 0.717) is 49.3 Å². The zero-order valence-corrected chi connectivity index (χ0v) is 23.5. The highest BCUT2D eigenvalue weighted by Gasteiger charge is 2.43. The molecular formula is C27H37N3O6S. The number of fused-ring (bicyclic) bond motifs is 3. The topological polar surface area (TPSA) is 108 Å². The van der Waals surface area contributed by atoms with Gasteiger partial charge in [-0.15, -0.1) is 0 Å². The molecule has 3 heterocycles. The van der Waals surface area contributed by atoms with Gasteiger partial charge in [0.25, 0.3) is 0 Å². The fourth-order valence-electron chi connectivity index (χ4n) is 4.50. The summed E-state index contributed by atoms with van der Waals surface area (Å²) in [5, 5.41) is 0. The minimum atomic E-state index is -3.52. The molecular weight excluding hydrogens is 494 g/mol. The highest BCUT2D eigenvalue weighted by atomic mass is 32.2. The molecule has 2 aliphatic rings. The van der Waals surface area contributed by atoms with E-state index in [0.717, 1.165) is 11.1 Å². The first-order chi connectivity index (χ1) is 17.2. The van der Waals surface area contributed by atoms with E-state index < -0.39 is 20.2 Å². The van der Waals surface area contributed by atoms with Crippen LogP contribution in [0.2, 0.25) is 0 Å². The maximum Gasteiger partial charge on any atom is 0.306 e. The summed E-state index contributed by atoms with van der Waals surface area (Å²) in [4.78, 5) is 23.9. The lowest BCUT2D eigenvalue weighted by Crippen LogP contribution is -2.56. The number of sulfone groups is 1. The molecule has 202 valence electrons. The summed E-state index contributed by atoms with van der Waals surface area (Å²) in [5.74, 6) is 1.19. The van der Waals surface area contributed by atoms with Crippen molar-refractivity contribution in [2.45, 2.75) is 76.8 Å². The molecule has 0 aliphatic carbocycles. The van der Waals surface area contributed by atoms with Gasteiger partial charge < -0.3 is 19.1 Å². The molecule has 0 unspecified atom stereocenters. The van der Waals surface area contributed by atoms with Crippen molar-refractivity contribution in [1.82, 2.24) is 9.97 Å². The minimum Gasteiger partial charge on any atom is -0.486 e. The maximum absolute atomic E-state index is 12.8. The van der Waals surface area contributed by atoms with E-state index in [1.165, 1.54) is 6.26 Å². The van der Waals surface area contributed by atoms with Crippen LogP contribution in [0.4, 0.5) is 5.82 Å². The molecule has 2 aromatic rings. The van der Waals surface area contributed by atoms with Gasteiger partial charge in [-0.2, -0.15) is 0 Å². The van der Waals surface area contributed by atoms with Gasteiger partial charge in [-0.25, -0.2) is 18.4 Å². The van der Waals surface area contributed by atoms with Gasteiger partial charge in [-0.3, -0.25) is 4.79 Å². The second-order valence-electron chi connectivity index (χ2n) is 11.4. The first kappa shape index (κ1) is 27.3. The van der Waals surface area contributed by atoms with Crippen molar-refractivity contribution in [2.24, 2.45) is 0 Å². The van der Waals surface area contributed by atoms with Crippen molar-refractivity contribution in [3.8, 4) is 17.1 Å². The van der Waals surface area contributed by atoms with Gasteiger partial charge in [-0.1, -0.05) is 24.3 Å². The lowest BCUT2D eigenvalue weighted by atomic mass is 10.0. The van der Waals surface area contributed by atoms with Gasteiger partial charge >= 0.3 is 5.97 Å². The van der Waals surface area contributed by atoms with Gasteiger partial charge in [0.2, 0.25) is 0 Å². The second-order valence-corrected chi connectivity index (χ2v) is 13.9. The van der Waals surface area contributed by atoms with E-state index in [1.54, 1.807) is 13.8 Å². The van der Waals surface area contributed by atoms with Crippen LogP contribution in [0.25, 0.3) is 11.4 Å². The molecule has 1 saturated heterocycles.